The maximum Gasteiger partial charge on any atom is 0.189 e. The Morgan fingerprint density at radius 2 is 1.18 bits per heavy atom. The van der Waals surface area contributed by atoms with Gasteiger partial charge in [0, 0.05) is 40.8 Å². The summed E-state index contributed by atoms with van der Waals surface area (Å²) in [7, 11) is 3.48. The number of amidine groups is 1. The highest BCUT2D eigenvalue weighted by Crippen LogP contribution is 2.39. The predicted octanol–water partition coefficient (Wildman–Crippen LogP) is 7.81. The molecule has 8 aromatic rings. The van der Waals surface area contributed by atoms with Crippen molar-refractivity contribution in [1.82, 2.24) is 39.5 Å². The van der Waals surface area contributed by atoms with E-state index >= 15 is 0 Å². The van der Waals surface area contributed by atoms with Crippen molar-refractivity contribution in [3.8, 4) is 57.1 Å². The summed E-state index contributed by atoms with van der Waals surface area (Å²) >= 11 is 11.8. The molecule has 0 amide bonds. The Labute approximate surface area is 299 Å². The minimum Gasteiger partial charge on any atom is -0.504 e. The van der Waals surface area contributed by atoms with Crippen LogP contribution in [0.4, 0.5) is 5.69 Å². The molecule has 7 N–H and O–H groups in total. The molecular formula is C36H27Cl2N11O2. The van der Waals surface area contributed by atoms with Gasteiger partial charge in [0.05, 0.1) is 28.6 Å². The number of nitrogens with one attached hydrogen (secondary N) is 3. The number of aromatic amines is 2. The van der Waals surface area contributed by atoms with Crippen molar-refractivity contribution in [2.75, 3.05) is 0 Å². The van der Waals surface area contributed by atoms with Crippen LogP contribution in [0.2, 0.25) is 10.0 Å². The molecule has 4 heterocycles. The molecule has 252 valence electrons. The van der Waals surface area contributed by atoms with Crippen LogP contribution >= 0.6 is 23.2 Å². The van der Waals surface area contributed by atoms with Crippen LogP contribution in [0.1, 0.15) is 5.56 Å². The standard InChI is InChI=1S/C18H15ClN6O.C18H12ClN5O/c1-25-15(16(26)14(24-25)9-2-5-11(19)6-3-9)18-22-12-7-4-10(17(20)21)8-13(12)23-18;1-20-12-7-8-13-14(9-12)22-18(21-13)16-17(25)15(23-24(16)2)10-3-5-11(19)6-4-10/h2-8,26H,1H3,(H3,20,21)(H,22,23);3-9,25H,2H3,(H,21,22). The maximum atomic E-state index is 10.7. The number of nitrogens with zero attached hydrogens (tertiary/aromatic N) is 7. The molecule has 0 bridgehead atoms. The molecule has 13 nitrogen and oxygen atoms in total. The van der Waals surface area contributed by atoms with Crippen molar-refractivity contribution in [2.24, 2.45) is 19.8 Å². The third kappa shape index (κ3) is 6.21. The maximum absolute atomic E-state index is 10.7. The van der Waals surface area contributed by atoms with E-state index in [1.165, 1.54) is 0 Å². The molecule has 0 unspecified atom stereocenters. The van der Waals surface area contributed by atoms with Gasteiger partial charge >= 0.3 is 0 Å². The van der Waals surface area contributed by atoms with Crippen LogP contribution in [0.3, 0.4) is 0 Å². The second-order valence-corrected chi connectivity index (χ2v) is 12.4. The van der Waals surface area contributed by atoms with E-state index in [0.29, 0.717) is 61.2 Å². The van der Waals surface area contributed by atoms with E-state index in [1.54, 1.807) is 108 Å². The number of fused-ring (bicyclic) bond motifs is 2. The first-order valence-corrected chi connectivity index (χ1v) is 16.0. The number of aryl methyl sites for hydroxylation is 2. The highest BCUT2D eigenvalue weighted by atomic mass is 35.5. The average Bonchev–Trinajstić information content (AvgIpc) is 3.87. The molecule has 0 atom stereocenters. The molecule has 0 aliphatic rings. The van der Waals surface area contributed by atoms with E-state index in [1.807, 2.05) is 0 Å². The van der Waals surface area contributed by atoms with E-state index in [2.05, 4.69) is 35.0 Å². The van der Waals surface area contributed by atoms with Crippen molar-refractivity contribution in [3.63, 3.8) is 0 Å². The van der Waals surface area contributed by atoms with Crippen LogP contribution < -0.4 is 5.73 Å². The lowest BCUT2D eigenvalue weighted by Gasteiger charge is -1.99. The molecule has 0 saturated heterocycles. The smallest absolute Gasteiger partial charge is 0.189 e. The number of H-pyrrole nitrogens is 2. The molecular weight excluding hydrogens is 689 g/mol. The van der Waals surface area contributed by atoms with Gasteiger partial charge in [0.1, 0.15) is 28.6 Å². The molecule has 0 radical (unpaired) electrons. The first-order valence-electron chi connectivity index (χ1n) is 15.3. The molecule has 8 rings (SSSR count). The SMILES string of the molecule is Cn1nc(-c2ccc(Cl)cc2)c(O)c1-c1nc2ccc(C(=N)N)cc2[nH]1.[C-]#[N+]c1ccc2nc(-c3c(O)c(-c4ccc(Cl)cc4)nn3C)[nH]c2c1. The summed E-state index contributed by atoms with van der Waals surface area (Å²) in [4.78, 5) is 18.7. The van der Waals surface area contributed by atoms with E-state index < -0.39 is 0 Å². The zero-order chi connectivity index (χ0) is 36.0. The topological polar surface area (TPSA) is 188 Å². The fraction of sp³-hybridized carbons (Fsp3) is 0.0556. The van der Waals surface area contributed by atoms with E-state index in [9.17, 15) is 10.2 Å². The first-order chi connectivity index (χ1) is 24.5. The molecule has 0 aliphatic heterocycles. The fourth-order valence-electron chi connectivity index (χ4n) is 5.63. The number of aromatic hydroxyl groups is 2. The third-order valence-electron chi connectivity index (χ3n) is 8.12. The van der Waals surface area contributed by atoms with Gasteiger partial charge in [-0.25, -0.2) is 14.8 Å². The quantitative estimate of drug-likeness (QED) is 0.0595. The van der Waals surface area contributed by atoms with Crippen molar-refractivity contribution >= 4 is 56.8 Å². The second-order valence-electron chi connectivity index (χ2n) is 11.5. The molecule has 0 fully saturated rings. The van der Waals surface area contributed by atoms with Gasteiger partial charge in [0.25, 0.3) is 0 Å². The second kappa shape index (κ2) is 13.0. The van der Waals surface area contributed by atoms with Crippen LogP contribution in [-0.2, 0) is 14.1 Å². The largest absolute Gasteiger partial charge is 0.504 e. The van der Waals surface area contributed by atoms with E-state index in [-0.39, 0.29) is 17.3 Å². The molecule has 15 heteroatoms. The molecule has 0 saturated carbocycles. The monoisotopic (exact) mass is 715 g/mol. The molecule has 4 aromatic heterocycles. The fourth-order valence-corrected chi connectivity index (χ4v) is 5.88. The van der Waals surface area contributed by atoms with Gasteiger partial charge in [-0.15, -0.1) is 0 Å². The summed E-state index contributed by atoms with van der Waals surface area (Å²) in [5.41, 5.74) is 12.9. The van der Waals surface area contributed by atoms with Crippen LogP contribution in [0.15, 0.2) is 84.9 Å². The Morgan fingerprint density at radius 1 is 0.725 bits per heavy atom. The summed E-state index contributed by atoms with van der Waals surface area (Å²) in [6, 6.07) is 24.7. The zero-order valence-electron chi connectivity index (χ0n) is 26.9. The lowest BCUT2D eigenvalue weighted by Crippen LogP contribution is -2.10. The summed E-state index contributed by atoms with van der Waals surface area (Å²) in [6.45, 7) is 7.10. The van der Waals surface area contributed by atoms with Crippen LogP contribution in [0.5, 0.6) is 11.5 Å². The Balaban J connectivity index is 0.000000159. The number of nitrogens with two attached hydrogens (primary N) is 1. The predicted molar refractivity (Wildman–Crippen MR) is 198 cm³/mol. The van der Waals surface area contributed by atoms with Gasteiger partial charge in [0.15, 0.2) is 28.8 Å². The summed E-state index contributed by atoms with van der Waals surface area (Å²) < 4.78 is 3.15. The number of halogens is 2. The summed E-state index contributed by atoms with van der Waals surface area (Å²) in [5.74, 6) is 1.02. The third-order valence-corrected chi connectivity index (χ3v) is 8.62. The Morgan fingerprint density at radius 3 is 1.63 bits per heavy atom. The number of nitrogen functional groups attached to an aromatic ring is 1. The highest BCUT2D eigenvalue weighted by Gasteiger charge is 2.22. The van der Waals surface area contributed by atoms with Gasteiger partial charge in [-0.05, 0) is 54.6 Å². The Kier molecular flexibility index (Phi) is 8.40. The minimum atomic E-state index is -0.0172. The van der Waals surface area contributed by atoms with Crippen LogP contribution in [0, 0.1) is 12.0 Å². The van der Waals surface area contributed by atoms with Crippen molar-refractivity contribution in [3.05, 3.63) is 112 Å². The van der Waals surface area contributed by atoms with Gasteiger partial charge in [-0.2, -0.15) is 10.2 Å². The number of aromatic nitrogens is 8. The number of benzene rings is 4. The van der Waals surface area contributed by atoms with Crippen LogP contribution in [0.25, 0.3) is 72.5 Å². The number of imidazole rings is 2. The van der Waals surface area contributed by atoms with E-state index in [0.717, 1.165) is 27.7 Å². The summed E-state index contributed by atoms with van der Waals surface area (Å²) in [6.07, 6.45) is 0. The first kappa shape index (κ1) is 32.9. The van der Waals surface area contributed by atoms with Crippen molar-refractivity contribution in [1.29, 1.82) is 5.41 Å². The van der Waals surface area contributed by atoms with Gasteiger partial charge in [-0.3, -0.25) is 14.8 Å². The molecule has 0 aliphatic carbocycles. The zero-order valence-corrected chi connectivity index (χ0v) is 28.5. The normalized spacial score (nSPS) is 11.0. The Hall–Kier alpha value is -6.62. The lowest BCUT2D eigenvalue weighted by molar-refractivity contribution is 0.477. The molecule has 0 spiro atoms. The minimum absolute atomic E-state index is 0.0172. The molecule has 4 aromatic carbocycles. The van der Waals surface area contributed by atoms with Crippen LogP contribution in [-0.4, -0.2) is 55.5 Å². The van der Waals surface area contributed by atoms with Crippen molar-refractivity contribution < 1.29 is 10.2 Å². The van der Waals surface area contributed by atoms with Gasteiger partial charge < -0.3 is 25.9 Å². The van der Waals surface area contributed by atoms with Crippen molar-refractivity contribution in [2.45, 2.75) is 0 Å². The van der Waals surface area contributed by atoms with Gasteiger partial charge in [0.2, 0.25) is 0 Å². The Bertz CT molecular complexity index is 2650. The number of hydrogen-bond donors (Lipinski definition) is 6. The highest BCUT2D eigenvalue weighted by molar-refractivity contribution is 6.31. The summed E-state index contributed by atoms with van der Waals surface area (Å²) in [5, 5.41) is 39.0. The lowest BCUT2D eigenvalue weighted by atomic mass is 10.1. The number of rotatable bonds is 5. The average molecular weight is 717 g/mol. The van der Waals surface area contributed by atoms with E-state index in [4.69, 9.17) is 40.9 Å². The van der Waals surface area contributed by atoms with Gasteiger partial charge in [-0.1, -0.05) is 53.5 Å². The number of hydrogen-bond acceptors (Lipinski definition) is 7. The molecule has 51 heavy (non-hydrogen) atoms.